The molecule has 1 aliphatic heterocycles. The number of piperazine rings is 1. The van der Waals surface area contributed by atoms with E-state index in [1.807, 2.05) is 0 Å². The Morgan fingerprint density at radius 1 is 1.21 bits per heavy atom. The van der Waals surface area contributed by atoms with E-state index in [-0.39, 0.29) is 68.2 Å². The summed E-state index contributed by atoms with van der Waals surface area (Å²) in [6.07, 6.45) is 4.77. The number of Topliss-reactive ketones (excluding diaryl/α,β-unsaturated/α-hetero) is 1. The third-order valence-corrected chi connectivity index (χ3v) is 3.92. The molecule has 0 spiro atoms. The van der Waals surface area contributed by atoms with Crippen LogP contribution in [0.25, 0.3) is 10.9 Å². The summed E-state index contributed by atoms with van der Waals surface area (Å²) in [5, 5.41) is 0.0146. The Balaban J connectivity index is 0.00000208. The van der Waals surface area contributed by atoms with Gasteiger partial charge in [0.25, 0.3) is 5.91 Å². The molecule has 0 atom stereocenters. The van der Waals surface area contributed by atoms with Crippen molar-refractivity contribution in [1.82, 2.24) is 19.8 Å². The molecule has 1 N–H and O–H groups in total. The monoisotopic (exact) mass is 406 g/mol. The van der Waals surface area contributed by atoms with Crippen LogP contribution in [0.15, 0.2) is 12.4 Å². The van der Waals surface area contributed by atoms with Gasteiger partial charge >= 0.3 is 0 Å². The molecule has 1 radical (unpaired) electrons. The zero-order chi connectivity index (χ0) is 16.6. The fourth-order valence-corrected chi connectivity index (χ4v) is 2.64. The fourth-order valence-electron chi connectivity index (χ4n) is 2.64. The van der Waals surface area contributed by atoms with Gasteiger partial charge in [0, 0.05) is 77.2 Å². The fraction of sp³-hybridized carbons (Fsp3) is 0.333. The first-order valence-corrected chi connectivity index (χ1v) is 7.11. The molecule has 2 aromatic rings. The Hall–Kier alpha value is -1.67. The topological polar surface area (TPSA) is 86.4 Å². The molecule has 9 heteroatoms. The first-order chi connectivity index (χ1) is 11.0. The number of halogens is 1. The van der Waals surface area contributed by atoms with Crippen molar-refractivity contribution in [2.45, 2.75) is 6.92 Å². The first-order valence-electron chi connectivity index (χ1n) is 7.11. The van der Waals surface area contributed by atoms with E-state index in [4.69, 9.17) is 0 Å². The summed E-state index contributed by atoms with van der Waals surface area (Å²) >= 11 is 0. The van der Waals surface area contributed by atoms with Crippen LogP contribution in [0.5, 0.6) is 0 Å². The van der Waals surface area contributed by atoms with E-state index in [0.29, 0.717) is 13.1 Å². The van der Waals surface area contributed by atoms with Crippen molar-refractivity contribution in [2.75, 3.05) is 26.2 Å². The second-order valence-corrected chi connectivity index (χ2v) is 5.30. The van der Waals surface area contributed by atoms with Gasteiger partial charge in [-0.2, -0.15) is 0 Å². The van der Waals surface area contributed by atoms with Gasteiger partial charge in [-0.3, -0.25) is 14.4 Å². The maximum atomic E-state index is 13.9. The third kappa shape index (κ3) is 3.39. The smallest absolute Gasteiger partial charge is 0.294 e. The molecule has 0 bridgehead atoms. The Bertz CT molecular complexity index is 799. The predicted molar refractivity (Wildman–Crippen MR) is 78.1 cm³/mol. The van der Waals surface area contributed by atoms with E-state index in [2.05, 4.69) is 16.2 Å². The van der Waals surface area contributed by atoms with Crippen molar-refractivity contribution in [1.29, 1.82) is 0 Å². The normalized spacial score (nSPS) is 14.4. The number of amides is 2. The second-order valence-electron chi connectivity index (χ2n) is 5.30. The maximum Gasteiger partial charge on any atom is 0.294 e. The average Bonchev–Trinajstić information content (AvgIpc) is 2.99. The van der Waals surface area contributed by atoms with E-state index < -0.39 is 17.5 Å². The number of nitrogens with zero attached hydrogens (tertiary/aromatic N) is 3. The number of pyridine rings is 1. The van der Waals surface area contributed by atoms with E-state index in [1.165, 1.54) is 18.0 Å². The second kappa shape index (κ2) is 7.48. The van der Waals surface area contributed by atoms with E-state index >= 15 is 0 Å². The molecule has 1 aliphatic rings. The Morgan fingerprint density at radius 2 is 1.83 bits per heavy atom. The Kier molecular flexibility index (Phi) is 5.82. The standard InChI is InChI=1S/C15H14FN4O3.Y/c1-9(21)19-2-4-20(5-3-19)15(23)14(22)10-6-18-12-8-17-7-11(16)13(10)12;/h6-7,18H,2-5H2,1H3;/q-1;. The molecule has 1 saturated heterocycles. The van der Waals surface area contributed by atoms with Crippen molar-refractivity contribution < 1.29 is 51.5 Å². The summed E-state index contributed by atoms with van der Waals surface area (Å²) in [5.74, 6) is -2.24. The van der Waals surface area contributed by atoms with Gasteiger partial charge in [-0.05, 0) is 11.7 Å². The molecule has 0 unspecified atom stereocenters. The van der Waals surface area contributed by atoms with Crippen molar-refractivity contribution in [3.63, 3.8) is 0 Å². The van der Waals surface area contributed by atoms with E-state index in [0.717, 1.165) is 6.20 Å². The summed E-state index contributed by atoms with van der Waals surface area (Å²) in [7, 11) is 0. The summed E-state index contributed by atoms with van der Waals surface area (Å²) in [5.41, 5.74) is 0.206. The number of nitrogens with one attached hydrogen (secondary N) is 1. The van der Waals surface area contributed by atoms with Crippen LogP contribution in [0.2, 0.25) is 0 Å². The number of hydrogen-bond donors (Lipinski definition) is 1. The number of carbonyl (C=O) groups is 3. The van der Waals surface area contributed by atoms with Crippen LogP contribution in [-0.4, -0.2) is 63.5 Å². The minimum Gasteiger partial charge on any atom is -0.389 e. The Labute approximate surface area is 162 Å². The summed E-state index contributed by atoms with van der Waals surface area (Å²) in [4.78, 5) is 45.3. The van der Waals surface area contributed by atoms with Crippen molar-refractivity contribution in [3.05, 3.63) is 30.0 Å². The molecule has 7 nitrogen and oxygen atoms in total. The molecular weight excluding hydrogens is 392 g/mol. The average molecular weight is 406 g/mol. The van der Waals surface area contributed by atoms with Gasteiger partial charge in [-0.1, -0.05) is 17.8 Å². The van der Waals surface area contributed by atoms with Crippen LogP contribution in [0.3, 0.4) is 0 Å². The number of fused-ring (bicyclic) bond motifs is 1. The molecule has 0 aromatic carbocycles. The van der Waals surface area contributed by atoms with Gasteiger partial charge in [0.15, 0.2) is 0 Å². The summed E-state index contributed by atoms with van der Waals surface area (Å²) in [6.45, 7) is 2.79. The SMILES string of the molecule is CC(=O)N1CCN(C(=O)C(=O)c2c[nH]c3[c-]ncc(F)c23)CC1.[Y]. The number of hydrogen-bond acceptors (Lipinski definition) is 4. The minimum atomic E-state index is -0.786. The summed E-state index contributed by atoms with van der Waals surface area (Å²) < 4.78 is 13.9. The maximum absolute atomic E-state index is 13.9. The molecule has 0 aliphatic carbocycles. The van der Waals surface area contributed by atoms with Gasteiger partial charge in [-0.25, -0.2) is 4.39 Å². The molecule has 24 heavy (non-hydrogen) atoms. The van der Waals surface area contributed by atoms with Gasteiger partial charge in [0.2, 0.25) is 11.7 Å². The van der Waals surface area contributed by atoms with Crippen LogP contribution >= 0.6 is 0 Å². The number of ketones is 1. The van der Waals surface area contributed by atoms with Crippen LogP contribution in [0.1, 0.15) is 17.3 Å². The molecule has 3 rings (SSSR count). The first kappa shape index (κ1) is 18.7. The molecule has 123 valence electrons. The van der Waals surface area contributed by atoms with Crippen molar-refractivity contribution >= 4 is 28.5 Å². The van der Waals surface area contributed by atoms with Crippen LogP contribution in [-0.2, 0) is 42.3 Å². The van der Waals surface area contributed by atoms with E-state index in [1.54, 1.807) is 4.90 Å². The van der Waals surface area contributed by atoms with Crippen LogP contribution in [0, 0.1) is 12.0 Å². The number of carbonyl (C=O) groups excluding carboxylic acids is 3. The largest absolute Gasteiger partial charge is 0.389 e. The molecule has 3 heterocycles. The molecule has 2 aromatic heterocycles. The number of rotatable bonds is 2. The summed E-state index contributed by atoms with van der Waals surface area (Å²) in [6, 6.07) is 0. The number of aromatic nitrogens is 2. The zero-order valence-corrected chi connectivity index (χ0v) is 15.8. The van der Waals surface area contributed by atoms with Crippen LogP contribution < -0.4 is 0 Å². The van der Waals surface area contributed by atoms with E-state index in [9.17, 15) is 18.8 Å². The van der Waals surface area contributed by atoms with Crippen LogP contribution in [0.4, 0.5) is 4.39 Å². The Morgan fingerprint density at radius 3 is 2.46 bits per heavy atom. The molecular formula is C15H14FN4O3Y-. The predicted octanol–water partition coefficient (Wildman–Crippen LogP) is 0.373. The van der Waals surface area contributed by atoms with Crippen molar-refractivity contribution in [3.8, 4) is 0 Å². The quantitative estimate of drug-likeness (QED) is 0.444. The van der Waals surface area contributed by atoms with Gasteiger partial charge < -0.3 is 19.8 Å². The molecule has 2 amide bonds. The van der Waals surface area contributed by atoms with Crippen molar-refractivity contribution in [2.24, 2.45) is 0 Å². The van der Waals surface area contributed by atoms with Gasteiger partial charge in [0.05, 0.1) is 0 Å². The molecule has 0 saturated carbocycles. The number of aromatic amines is 1. The third-order valence-electron chi connectivity index (χ3n) is 3.92. The molecule has 1 fully saturated rings. The minimum absolute atomic E-state index is 0. The van der Waals surface area contributed by atoms with Gasteiger partial charge in [-0.15, -0.1) is 0 Å². The van der Waals surface area contributed by atoms with Gasteiger partial charge in [0.1, 0.15) is 0 Å². The number of H-pyrrole nitrogens is 1. The zero-order valence-electron chi connectivity index (χ0n) is 13.0.